The first kappa shape index (κ1) is 19.2. The largest absolute Gasteiger partial charge is 0.369 e. The summed E-state index contributed by atoms with van der Waals surface area (Å²) >= 11 is 1.42. The summed E-state index contributed by atoms with van der Waals surface area (Å²) in [6.07, 6.45) is 1.22. The average molecular weight is 382 g/mol. The lowest BCUT2D eigenvalue weighted by Crippen LogP contribution is -2.41. The molecule has 1 heterocycles. The zero-order valence-corrected chi connectivity index (χ0v) is 15.8. The molecule has 0 unspecified atom stereocenters. The van der Waals surface area contributed by atoms with Crippen LogP contribution in [0.1, 0.15) is 33.6 Å². The summed E-state index contributed by atoms with van der Waals surface area (Å²) in [5.41, 5.74) is 6.64. The number of nitrogens with zero attached hydrogens (tertiary/aromatic N) is 1. The van der Waals surface area contributed by atoms with E-state index in [2.05, 4.69) is 0 Å². The maximum atomic E-state index is 12.7. The molecule has 0 saturated carbocycles. The zero-order chi connectivity index (χ0) is 19.2. The molecule has 2 aromatic carbocycles. The fourth-order valence-electron chi connectivity index (χ4n) is 3.12. The lowest BCUT2D eigenvalue weighted by Gasteiger charge is -2.30. The SMILES string of the molecule is NC(=O)C1CCN(C(=O)c2cccc(SCC(=O)c3ccccc3)c2)CC1. The van der Waals surface area contributed by atoms with Gasteiger partial charge in [0.1, 0.15) is 0 Å². The molecule has 1 saturated heterocycles. The van der Waals surface area contributed by atoms with Crippen molar-refractivity contribution in [1.82, 2.24) is 4.90 Å². The van der Waals surface area contributed by atoms with Gasteiger partial charge in [-0.05, 0) is 31.0 Å². The Morgan fingerprint density at radius 1 is 0.963 bits per heavy atom. The third-order valence-corrected chi connectivity index (χ3v) is 5.73. The van der Waals surface area contributed by atoms with Crippen molar-refractivity contribution in [2.24, 2.45) is 11.7 Å². The van der Waals surface area contributed by atoms with Crippen LogP contribution >= 0.6 is 11.8 Å². The highest BCUT2D eigenvalue weighted by atomic mass is 32.2. The van der Waals surface area contributed by atoms with Crippen LogP contribution in [0.2, 0.25) is 0 Å². The number of likely N-dealkylation sites (tertiary alicyclic amines) is 1. The van der Waals surface area contributed by atoms with Gasteiger partial charge in [-0.3, -0.25) is 14.4 Å². The van der Waals surface area contributed by atoms with Crippen LogP contribution in [0.25, 0.3) is 0 Å². The molecule has 5 nitrogen and oxygen atoms in total. The van der Waals surface area contributed by atoms with E-state index in [1.54, 1.807) is 23.1 Å². The van der Waals surface area contributed by atoms with Crippen LogP contribution < -0.4 is 5.73 Å². The van der Waals surface area contributed by atoms with Gasteiger partial charge in [0.05, 0.1) is 5.75 Å². The van der Waals surface area contributed by atoms with E-state index in [-0.39, 0.29) is 23.5 Å². The van der Waals surface area contributed by atoms with E-state index in [9.17, 15) is 14.4 Å². The Hall–Kier alpha value is -2.60. The zero-order valence-electron chi connectivity index (χ0n) is 15.0. The van der Waals surface area contributed by atoms with Crippen molar-refractivity contribution < 1.29 is 14.4 Å². The first-order chi connectivity index (χ1) is 13.0. The van der Waals surface area contributed by atoms with Crippen molar-refractivity contribution in [2.45, 2.75) is 17.7 Å². The van der Waals surface area contributed by atoms with E-state index in [0.717, 1.165) is 4.90 Å². The van der Waals surface area contributed by atoms with Crippen LogP contribution in [-0.2, 0) is 4.79 Å². The van der Waals surface area contributed by atoms with Crippen molar-refractivity contribution in [2.75, 3.05) is 18.8 Å². The number of ketones is 1. The maximum Gasteiger partial charge on any atom is 0.253 e. The van der Waals surface area contributed by atoms with Gasteiger partial charge in [-0.25, -0.2) is 0 Å². The molecular formula is C21H22N2O3S. The van der Waals surface area contributed by atoms with E-state index in [1.807, 2.05) is 36.4 Å². The maximum absolute atomic E-state index is 12.7. The summed E-state index contributed by atoms with van der Waals surface area (Å²) in [4.78, 5) is 38.9. The van der Waals surface area contributed by atoms with Crippen LogP contribution in [0, 0.1) is 5.92 Å². The predicted octanol–water partition coefficient (Wildman–Crippen LogP) is 3.00. The standard InChI is InChI=1S/C21H22N2O3S/c22-20(25)16-9-11-23(12-10-16)21(26)17-7-4-8-18(13-17)27-14-19(24)15-5-2-1-3-6-15/h1-8,13,16H,9-12,14H2,(H2,22,25). The minimum atomic E-state index is -0.288. The predicted molar refractivity (Wildman–Crippen MR) is 106 cm³/mol. The summed E-state index contributed by atoms with van der Waals surface area (Å²) in [7, 11) is 0. The molecule has 27 heavy (non-hydrogen) atoms. The molecule has 6 heteroatoms. The Morgan fingerprint density at radius 2 is 1.63 bits per heavy atom. The molecule has 0 aromatic heterocycles. The molecule has 0 aliphatic carbocycles. The normalized spacial score (nSPS) is 14.7. The molecule has 3 rings (SSSR count). The highest BCUT2D eigenvalue weighted by Gasteiger charge is 2.26. The van der Waals surface area contributed by atoms with Crippen LogP contribution in [0.4, 0.5) is 0 Å². The fraction of sp³-hybridized carbons (Fsp3) is 0.286. The molecule has 2 amide bonds. The molecular weight excluding hydrogens is 360 g/mol. The minimum absolute atomic E-state index is 0.0465. The third-order valence-electron chi connectivity index (χ3n) is 4.73. The number of amides is 2. The quantitative estimate of drug-likeness (QED) is 0.615. The van der Waals surface area contributed by atoms with Gasteiger partial charge < -0.3 is 10.6 Å². The van der Waals surface area contributed by atoms with Gasteiger partial charge >= 0.3 is 0 Å². The molecule has 0 spiro atoms. The minimum Gasteiger partial charge on any atom is -0.369 e. The van der Waals surface area contributed by atoms with Crippen molar-refractivity contribution in [3.05, 3.63) is 65.7 Å². The second-order valence-corrected chi connectivity index (χ2v) is 7.62. The molecule has 2 N–H and O–H groups in total. The Balaban J connectivity index is 1.59. The van der Waals surface area contributed by atoms with Crippen LogP contribution in [0.5, 0.6) is 0 Å². The van der Waals surface area contributed by atoms with Crippen LogP contribution in [0.3, 0.4) is 0 Å². The number of primary amides is 1. The summed E-state index contributed by atoms with van der Waals surface area (Å²) in [5, 5.41) is 0. The number of rotatable bonds is 6. The number of thioether (sulfide) groups is 1. The molecule has 0 radical (unpaired) electrons. The topological polar surface area (TPSA) is 80.5 Å². The van der Waals surface area contributed by atoms with Crippen molar-refractivity contribution >= 4 is 29.4 Å². The summed E-state index contributed by atoms with van der Waals surface area (Å²) in [6.45, 7) is 1.08. The average Bonchev–Trinajstić information content (AvgIpc) is 2.72. The Bertz CT molecular complexity index is 830. The summed E-state index contributed by atoms with van der Waals surface area (Å²) < 4.78 is 0. The Labute approximate surface area is 162 Å². The lowest BCUT2D eigenvalue weighted by molar-refractivity contribution is -0.123. The van der Waals surface area contributed by atoms with Gasteiger partial charge in [-0.1, -0.05) is 36.4 Å². The smallest absolute Gasteiger partial charge is 0.253 e. The fourth-order valence-corrected chi connectivity index (χ4v) is 3.97. The number of carbonyl (C=O) groups excluding carboxylic acids is 3. The van der Waals surface area contributed by atoms with Crippen LogP contribution in [-0.4, -0.2) is 41.3 Å². The third kappa shape index (κ3) is 4.98. The number of nitrogens with two attached hydrogens (primary N) is 1. The molecule has 0 bridgehead atoms. The van der Waals surface area contributed by atoms with Gasteiger partial charge in [0.2, 0.25) is 5.91 Å². The first-order valence-electron chi connectivity index (χ1n) is 8.94. The Morgan fingerprint density at radius 3 is 2.30 bits per heavy atom. The van der Waals surface area contributed by atoms with E-state index < -0.39 is 0 Å². The number of hydrogen-bond donors (Lipinski definition) is 1. The van der Waals surface area contributed by atoms with E-state index in [0.29, 0.717) is 42.8 Å². The summed E-state index contributed by atoms with van der Waals surface area (Å²) in [5.74, 6) is -0.0878. The number of piperidine rings is 1. The molecule has 1 aliphatic heterocycles. The first-order valence-corrected chi connectivity index (χ1v) is 9.93. The van der Waals surface area contributed by atoms with E-state index in [4.69, 9.17) is 5.73 Å². The van der Waals surface area contributed by atoms with Gasteiger partial charge in [0, 0.05) is 35.0 Å². The summed E-state index contributed by atoms with van der Waals surface area (Å²) in [6, 6.07) is 16.5. The van der Waals surface area contributed by atoms with E-state index in [1.165, 1.54) is 11.8 Å². The Kier molecular flexibility index (Phi) is 6.29. The second kappa shape index (κ2) is 8.86. The number of benzene rings is 2. The van der Waals surface area contributed by atoms with Crippen LogP contribution in [0.15, 0.2) is 59.5 Å². The van der Waals surface area contributed by atoms with Gasteiger partial charge in [-0.2, -0.15) is 0 Å². The second-order valence-electron chi connectivity index (χ2n) is 6.57. The van der Waals surface area contributed by atoms with Gasteiger partial charge in [0.15, 0.2) is 5.78 Å². The molecule has 1 aliphatic rings. The number of Topliss-reactive ketones (excluding diaryl/α,β-unsaturated/α-hetero) is 1. The van der Waals surface area contributed by atoms with E-state index >= 15 is 0 Å². The molecule has 1 fully saturated rings. The molecule has 0 atom stereocenters. The lowest BCUT2D eigenvalue weighted by atomic mass is 9.96. The van der Waals surface area contributed by atoms with Crippen molar-refractivity contribution in [3.63, 3.8) is 0 Å². The highest BCUT2D eigenvalue weighted by molar-refractivity contribution is 8.00. The monoisotopic (exact) mass is 382 g/mol. The molecule has 140 valence electrons. The van der Waals surface area contributed by atoms with Crippen molar-refractivity contribution in [3.8, 4) is 0 Å². The number of hydrogen-bond acceptors (Lipinski definition) is 4. The van der Waals surface area contributed by atoms with Crippen molar-refractivity contribution in [1.29, 1.82) is 0 Å². The molecule has 2 aromatic rings. The number of carbonyl (C=O) groups is 3. The highest BCUT2D eigenvalue weighted by Crippen LogP contribution is 2.23. The van der Waals surface area contributed by atoms with Gasteiger partial charge in [0.25, 0.3) is 5.91 Å². The van der Waals surface area contributed by atoms with Gasteiger partial charge in [-0.15, -0.1) is 11.8 Å².